The van der Waals surface area contributed by atoms with Crippen LogP contribution in [0.5, 0.6) is 0 Å². The highest BCUT2D eigenvalue weighted by molar-refractivity contribution is 7.94. The Morgan fingerprint density at radius 1 is 0.828 bits per heavy atom. The van der Waals surface area contributed by atoms with Crippen LogP contribution in [0.4, 0.5) is 16.2 Å². The molecule has 0 aromatic heterocycles. The van der Waals surface area contributed by atoms with Gasteiger partial charge in [0, 0.05) is 0 Å². The number of para-hydroxylation sites is 1. The molecule has 0 N–H and O–H groups in total. The number of hydrogen-bond donors (Lipinski definition) is 0. The van der Waals surface area contributed by atoms with Crippen molar-refractivity contribution >= 4 is 27.4 Å². The number of urea groups is 1. The molecule has 0 unspecified atom stereocenters. The largest absolute Gasteiger partial charge is 0.343 e. The molecule has 0 spiro atoms. The van der Waals surface area contributed by atoms with Crippen LogP contribution in [-0.4, -0.2) is 14.4 Å². The molecule has 0 radical (unpaired) electrons. The van der Waals surface area contributed by atoms with E-state index in [9.17, 15) is 13.2 Å². The predicted octanol–water partition coefficient (Wildman–Crippen LogP) is 4.95. The van der Waals surface area contributed by atoms with Crippen molar-refractivity contribution in [1.29, 1.82) is 0 Å². The molecular formula is C23H22N2O3S. The van der Waals surface area contributed by atoms with E-state index in [2.05, 4.69) is 0 Å². The molecule has 0 saturated carbocycles. The maximum atomic E-state index is 13.5. The standard InChI is InChI=1S/C23H22N2O3S/c1-16-9-12-20(13-10-16)25-23(26)24(15-19-14-17(2)8-11-18(19)3)21-6-4-5-7-22(21)29(25,27)28/h4-14H,15H2,1-3H3. The first-order chi connectivity index (χ1) is 13.8. The molecule has 3 aromatic carbocycles. The van der Waals surface area contributed by atoms with Crippen LogP contribution in [0.1, 0.15) is 22.3 Å². The SMILES string of the molecule is Cc1ccc(N2C(=O)N(Cc3cc(C)ccc3C)c3ccccc3S2(=O)=O)cc1. The molecule has 29 heavy (non-hydrogen) atoms. The van der Waals surface area contributed by atoms with Crippen LogP contribution < -0.4 is 9.21 Å². The van der Waals surface area contributed by atoms with Gasteiger partial charge in [0.15, 0.2) is 0 Å². The normalized spacial score (nSPS) is 15.3. The summed E-state index contributed by atoms with van der Waals surface area (Å²) < 4.78 is 27.5. The van der Waals surface area contributed by atoms with Gasteiger partial charge < -0.3 is 0 Å². The zero-order valence-corrected chi connectivity index (χ0v) is 17.4. The highest BCUT2D eigenvalue weighted by Crippen LogP contribution is 2.38. The number of carbonyl (C=O) groups is 1. The van der Waals surface area contributed by atoms with E-state index in [0.717, 1.165) is 26.6 Å². The predicted molar refractivity (Wildman–Crippen MR) is 115 cm³/mol. The summed E-state index contributed by atoms with van der Waals surface area (Å²) in [6.07, 6.45) is 0. The van der Waals surface area contributed by atoms with Crippen molar-refractivity contribution in [3.63, 3.8) is 0 Å². The molecular weight excluding hydrogens is 384 g/mol. The Morgan fingerprint density at radius 2 is 1.48 bits per heavy atom. The number of nitrogens with zero attached hydrogens (tertiary/aromatic N) is 2. The monoisotopic (exact) mass is 406 g/mol. The average molecular weight is 407 g/mol. The first-order valence-electron chi connectivity index (χ1n) is 9.38. The van der Waals surface area contributed by atoms with Crippen LogP contribution >= 0.6 is 0 Å². The molecule has 4 rings (SSSR count). The summed E-state index contributed by atoms with van der Waals surface area (Å²) in [7, 11) is -4.00. The van der Waals surface area contributed by atoms with Crippen molar-refractivity contribution in [2.75, 3.05) is 9.21 Å². The van der Waals surface area contributed by atoms with E-state index in [1.807, 2.05) is 39.0 Å². The molecule has 1 heterocycles. The number of rotatable bonds is 3. The van der Waals surface area contributed by atoms with Gasteiger partial charge in [0.2, 0.25) is 0 Å². The fourth-order valence-electron chi connectivity index (χ4n) is 3.54. The quantitative estimate of drug-likeness (QED) is 0.619. The first-order valence-corrected chi connectivity index (χ1v) is 10.8. The molecule has 5 nitrogen and oxygen atoms in total. The molecule has 0 bridgehead atoms. The average Bonchev–Trinajstić information content (AvgIpc) is 2.69. The van der Waals surface area contributed by atoms with Crippen LogP contribution in [0, 0.1) is 20.8 Å². The van der Waals surface area contributed by atoms with Crippen molar-refractivity contribution in [1.82, 2.24) is 0 Å². The lowest BCUT2D eigenvalue weighted by molar-refractivity contribution is 0.253. The Bertz CT molecular complexity index is 1200. The lowest BCUT2D eigenvalue weighted by Crippen LogP contribution is -2.50. The molecule has 6 heteroatoms. The maximum absolute atomic E-state index is 13.5. The van der Waals surface area contributed by atoms with Crippen LogP contribution in [0.3, 0.4) is 0 Å². The summed E-state index contributed by atoms with van der Waals surface area (Å²) in [4.78, 5) is 15.1. The van der Waals surface area contributed by atoms with Crippen LogP contribution in [0.15, 0.2) is 71.6 Å². The van der Waals surface area contributed by atoms with Gasteiger partial charge in [-0.15, -0.1) is 0 Å². The maximum Gasteiger partial charge on any atom is 0.343 e. The number of amides is 2. The second-order valence-corrected chi connectivity index (χ2v) is 9.13. The second kappa shape index (κ2) is 7.04. The number of sulfonamides is 1. The van der Waals surface area contributed by atoms with E-state index in [0.29, 0.717) is 17.9 Å². The molecule has 0 fully saturated rings. The van der Waals surface area contributed by atoms with Crippen LogP contribution in [-0.2, 0) is 16.6 Å². The Hall–Kier alpha value is -3.12. The summed E-state index contributed by atoms with van der Waals surface area (Å²) in [5.74, 6) is 0. The molecule has 2 amide bonds. The van der Waals surface area contributed by atoms with Gasteiger partial charge in [0.05, 0.1) is 17.9 Å². The molecule has 0 saturated heterocycles. The van der Waals surface area contributed by atoms with Gasteiger partial charge in [0.25, 0.3) is 10.0 Å². The molecule has 3 aromatic rings. The van der Waals surface area contributed by atoms with E-state index >= 15 is 0 Å². The number of anilines is 2. The van der Waals surface area contributed by atoms with E-state index < -0.39 is 16.1 Å². The minimum absolute atomic E-state index is 0.130. The zero-order chi connectivity index (χ0) is 20.8. The third-order valence-corrected chi connectivity index (χ3v) is 6.93. The fourth-order valence-corrected chi connectivity index (χ4v) is 5.13. The van der Waals surface area contributed by atoms with Crippen molar-refractivity contribution in [2.45, 2.75) is 32.2 Å². The Morgan fingerprint density at radius 3 is 2.21 bits per heavy atom. The third-order valence-electron chi connectivity index (χ3n) is 5.18. The highest BCUT2D eigenvalue weighted by atomic mass is 32.2. The topological polar surface area (TPSA) is 57.7 Å². The summed E-state index contributed by atoms with van der Waals surface area (Å²) in [6, 6.07) is 19.1. The van der Waals surface area contributed by atoms with E-state index in [4.69, 9.17) is 0 Å². The van der Waals surface area contributed by atoms with Gasteiger partial charge in [-0.3, -0.25) is 4.90 Å². The lowest BCUT2D eigenvalue weighted by atomic mass is 10.0. The lowest BCUT2D eigenvalue weighted by Gasteiger charge is -2.36. The van der Waals surface area contributed by atoms with Gasteiger partial charge in [-0.05, 0) is 56.2 Å². The smallest absolute Gasteiger partial charge is 0.287 e. The molecule has 0 aliphatic carbocycles. The van der Waals surface area contributed by atoms with Crippen LogP contribution in [0.25, 0.3) is 0 Å². The fraction of sp³-hybridized carbons (Fsp3) is 0.174. The molecule has 148 valence electrons. The number of fused-ring (bicyclic) bond motifs is 1. The van der Waals surface area contributed by atoms with E-state index in [-0.39, 0.29) is 4.90 Å². The van der Waals surface area contributed by atoms with Gasteiger partial charge in [-0.25, -0.2) is 13.2 Å². The van der Waals surface area contributed by atoms with Crippen molar-refractivity contribution in [2.24, 2.45) is 0 Å². The van der Waals surface area contributed by atoms with Crippen LogP contribution in [0.2, 0.25) is 0 Å². The highest BCUT2D eigenvalue weighted by Gasteiger charge is 2.42. The number of benzene rings is 3. The summed E-state index contributed by atoms with van der Waals surface area (Å²) in [5.41, 5.74) is 4.85. The summed E-state index contributed by atoms with van der Waals surface area (Å²) in [5, 5.41) is 0. The van der Waals surface area contributed by atoms with Crippen molar-refractivity contribution in [3.05, 3.63) is 89.0 Å². The molecule has 1 aliphatic rings. The number of aryl methyl sites for hydroxylation is 3. The minimum Gasteiger partial charge on any atom is -0.287 e. The Kier molecular flexibility index (Phi) is 4.67. The number of carbonyl (C=O) groups excluding carboxylic acids is 1. The van der Waals surface area contributed by atoms with Crippen molar-refractivity contribution < 1.29 is 13.2 Å². The van der Waals surface area contributed by atoms with Gasteiger partial charge in [0.1, 0.15) is 4.90 Å². The first kappa shape index (κ1) is 19.2. The van der Waals surface area contributed by atoms with Gasteiger partial charge in [-0.1, -0.05) is 53.6 Å². The zero-order valence-electron chi connectivity index (χ0n) is 16.6. The van der Waals surface area contributed by atoms with Gasteiger partial charge in [-0.2, -0.15) is 4.31 Å². The Balaban J connectivity index is 1.88. The summed E-state index contributed by atoms with van der Waals surface area (Å²) >= 11 is 0. The molecule has 0 atom stereocenters. The van der Waals surface area contributed by atoms with Crippen molar-refractivity contribution in [3.8, 4) is 0 Å². The third kappa shape index (κ3) is 3.29. The number of hydrogen-bond acceptors (Lipinski definition) is 3. The minimum atomic E-state index is -4.00. The Labute approximate surface area is 171 Å². The second-order valence-electron chi connectivity index (χ2n) is 7.37. The van der Waals surface area contributed by atoms with Gasteiger partial charge >= 0.3 is 6.03 Å². The summed E-state index contributed by atoms with van der Waals surface area (Å²) in [6.45, 7) is 6.20. The van der Waals surface area contributed by atoms with E-state index in [1.165, 1.54) is 4.90 Å². The molecule has 1 aliphatic heterocycles. The van der Waals surface area contributed by atoms with E-state index in [1.54, 1.807) is 48.5 Å².